The Morgan fingerprint density at radius 1 is 1.21 bits per heavy atom. The molecule has 1 aromatic carbocycles. The van der Waals surface area contributed by atoms with E-state index in [1.54, 1.807) is 0 Å². The summed E-state index contributed by atoms with van der Waals surface area (Å²) in [5.74, 6) is 1.87. The summed E-state index contributed by atoms with van der Waals surface area (Å²) in [5.41, 5.74) is 1.22. The number of piperidine rings is 1. The Kier molecular flexibility index (Phi) is 10.8. The summed E-state index contributed by atoms with van der Waals surface area (Å²) in [5, 5.41) is 7.03. The number of guanidine groups is 1. The van der Waals surface area contributed by atoms with Gasteiger partial charge in [-0.15, -0.1) is 30.6 Å². The molecule has 0 atom stereocenters. The number of likely N-dealkylation sites (tertiary alicyclic amines) is 1. The minimum atomic E-state index is 0. The smallest absolute Gasteiger partial charge is 0.191 e. The predicted octanol–water partition coefficient (Wildman–Crippen LogP) is 4.33. The van der Waals surface area contributed by atoms with E-state index in [4.69, 9.17) is 4.74 Å². The molecule has 162 valence electrons. The van der Waals surface area contributed by atoms with Crippen molar-refractivity contribution in [1.82, 2.24) is 15.5 Å². The van der Waals surface area contributed by atoms with Gasteiger partial charge in [-0.05, 0) is 56.2 Å². The lowest BCUT2D eigenvalue weighted by atomic mass is 9.98. The highest BCUT2D eigenvalue weighted by atomic mass is 127. The molecule has 2 N–H and O–H groups in total. The lowest BCUT2D eigenvalue weighted by Crippen LogP contribution is -2.48. The third-order valence-electron chi connectivity index (χ3n) is 5.75. The molecule has 2 aliphatic rings. The van der Waals surface area contributed by atoms with Crippen LogP contribution in [0.5, 0.6) is 5.75 Å². The standard InChI is InChI=1S/C23H36N4O.HI/c1-3-14-27-15-12-20(13-16-27)26-23(24-2)25-18-19-8-7-11-22(17-19)28-21-9-5-4-6-10-21;/h3,7-8,11,17,20-21H,1,4-6,9-10,12-16,18H2,2H3,(H2,24,25,26);1H. The van der Waals surface area contributed by atoms with Crippen LogP contribution in [0.15, 0.2) is 41.9 Å². The molecule has 1 heterocycles. The third kappa shape index (κ3) is 8.16. The average Bonchev–Trinajstić information content (AvgIpc) is 2.73. The molecule has 0 spiro atoms. The van der Waals surface area contributed by atoms with Gasteiger partial charge in [-0.1, -0.05) is 24.6 Å². The largest absolute Gasteiger partial charge is 0.490 e. The van der Waals surface area contributed by atoms with Crippen molar-refractivity contribution in [2.24, 2.45) is 4.99 Å². The molecule has 0 radical (unpaired) electrons. The average molecular weight is 512 g/mol. The molecule has 1 aromatic rings. The van der Waals surface area contributed by atoms with Gasteiger partial charge in [0.15, 0.2) is 5.96 Å². The maximum Gasteiger partial charge on any atom is 0.191 e. The summed E-state index contributed by atoms with van der Waals surface area (Å²) in [4.78, 5) is 6.85. The molecule has 1 aliphatic carbocycles. The van der Waals surface area contributed by atoms with Crippen LogP contribution in [-0.2, 0) is 6.54 Å². The number of hydrogen-bond donors (Lipinski definition) is 2. The Morgan fingerprint density at radius 3 is 2.66 bits per heavy atom. The quantitative estimate of drug-likeness (QED) is 0.247. The zero-order chi connectivity index (χ0) is 19.6. The minimum absolute atomic E-state index is 0. The number of benzene rings is 1. The topological polar surface area (TPSA) is 48.9 Å². The highest BCUT2D eigenvalue weighted by Gasteiger charge is 2.19. The van der Waals surface area contributed by atoms with E-state index in [1.165, 1.54) is 37.7 Å². The van der Waals surface area contributed by atoms with Crippen LogP contribution in [0.2, 0.25) is 0 Å². The van der Waals surface area contributed by atoms with Crippen LogP contribution in [-0.4, -0.2) is 49.7 Å². The second-order valence-electron chi connectivity index (χ2n) is 7.96. The molecule has 3 rings (SSSR count). The first-order valence-corrected chi connectivity index (χ1v) is 10.8. The molecule has 1 aliphatic heterocycles. The van der Waals surface area contributed by atoms with Crippen molar-refractivity contribution >= 4 is 29.9 Å². The molecule has 2 fully saturated rings. The van der Waals surface area contributed by atoms with Crippen LogP contribution in [0.4, 0.5) is 0 Å². The Balaban J connectivity index is 0.00000300. The van der Waals surface area contributed by atoms with Gasteiger partial charge in [-0.25, -0.2) is 0 Å². The zero-order valence-corrected chi connectivity index (χ0v) is 20.1. The van der Waals surface area contributed by atoms with E-state index in [-0.39, 0.29) is 24.0 Å². The first kappa shape index (κ1) is 24.0. The normalized spacial score (nSPS) is 19.3. The van der Waals surface area contributed by atoms with Crippen molar-refractivity contribution in [2.45, 2.75) is 63.6 Å². The number of rotatable bonds is 7. The van der Waals surface area contributed by atoms with E-state index in [9.17, 15) is 0 Å². The van der Waals surface area contributed by atoms with Gasteiger partial charge in [-0.2, -0.15) is 0 Å². The lowest BCUT2D eigenvalue weighted by molar-refractivity contribution is 0.155. The molecular weight excluding hydrogens is 475 g/mol. The van der Waals surface area contributed by atoms with Crippen molar-refractivity contribution in [3.05, 3.63) is 42.5 Å². The molecule has 5 nitrogen and oxygen atoms in total. The maximum absolute atomic E-state index is 6.20. The van der Waals surface area contributed by atoms with E-state index in [1.807, 2.05) is 13.1 Å². The Bertz CT molecular complexity index is 638. The highest BCUT2D eigenvalue weighted by molar-refractivity contribution is 14.0. The molecule has 29 heavy (non-hydrogen) atoms. The van der Waals surface area contributed by atoms with E-state index >= 15 is 0 Å². The van der Waals surface area contributed by atoms with Gasteiger partial charge in [-0.3, -0.25) is 9.89 Å². The first-order valence-electron chi connectivity index (χ1n) is 10.8. The SMILES string of the molecule is C=CCN1CCC(NC(=NC)NCc2cccc(OC3CCCCC3)c2)CC1.I. The molecule has 1 saturated heterocycles. The number of hydrogen-bond acceptors (Lipinski definition) is 3. The van der Waals surface area contributed by atoms with E-state index in [0.717, 1.165) is 50.7 Å². The number of ether oxygens (including phenoxy) is 1. The molecule has 0 unspecified atom stereocenters. The third-order valence-corrected chi connectivity index (χ3v) is 5.75. The van der Waals surface area contributed by atoms with Crippen LogP contribution >= 0.6 is 24.0 Å². The summed E-state index contributed by atoms with van der Waals surface area (Å²) in [6, 6.07) is 8.93. The van der Waals surface area contributed by atoms with Gasteiger partial charge in [0.2, 0.25) is 0 Å². The van der Waals surface area contributed by atoms with Gasteiger partial charge in [0.25, 0.3) is 0 Å². The van der Waals surface area contributed by atoms with Crippen molar-refractivity contribution in [2.75, 3.05) is 26.7 Å². The van der Waals surface area contributed by atoms with Crippen LogP contribution in [0.1, 0.15) is 50.5 Å². The summed E-state index contributed by atoms with van der Waals surface area (Å²) in [6.45, 7) is 7.79. The fraction of sp³-hybridized carbons (Fsp3) is 0.609. The summed E-state index contributed by atoms with van der Waals surface area (Å²) >= 11 is 0. The van der Waals surface area contributed by atoms with Gasteiger partial charge in [0.05, 0.1) is 6.10 Å². The molecule has 0 aromatic heterocycles. The number of aliphatic imine (C=N–C) groups is 1. The van der Waals surface area contributed by atoms with E-state index in [2.05, 4.69) is 51.4 Å². The van der Waals surface area contributed by atoms with Crippen molar-refractivity contribution in [1.29, 1.82) is 0 Å². The number of nitrogens with one attached hydrogen (secondary N) is 2. The molecular formula is C23H37IN4O. The molecule has 0 bridgehead atoms. The molecule has 0 amide bonds. The van der Waals surface area contributed by atoms with E-state index in [0.29, 0.717) is 12.1 Å². The maximum atomic E-state index is 6.20. The van der Waals surface area contributed by atoms with Crippen LogP contribution < -0.4 is 15.4 Å². The number of halogens is 1. The van der Waals surface area contributed by atoms with Gasteiger partial charge < -0.3 is 15.4 Å². The van der Waals surface area contributed by atoms with Gasteiger partial charge in [0.1, 0.15) is 5.75 Å². The van der Waals surface area contributed by atoms with E-state index < -0.39 is 0 Å². The molecule has 1 saturated carbocycles. The summed E-state index contributed by atoms with van der Waals surface area (Å²) in [6.07, 6.45) is 11.0. The monoisotopic (exact) mass is 512 g/mol. The van der Waals surface area contributed by atoms with Crippen LogP contribution in [0.25, 0.3) is 0 Å². The van der Waals surface area contributed by atoms with Crippen molar-refractivity contribution in [3.63, 3.8) is 0 Å². The van der Waals surface area contributed by atoms with Crippen molar-refractivity contribution in [3.8, 4) is 5.75 Å². The van der Waals surface area contributed by atoms with Crippen LogP contribution in [0.3, 0.4) is 0 Å². The Labute approximate surface area is 193 Å². The summed E-state index contributed by atoms with van der Waals surface area (Å²) < 4.78 is 6.20. The second kappa shape index (κ2) is 13.1. The van der Waals surface area contributed by atoms with Crippen molar-refractivity contribution < 1.29 is 4.74 Å². The minimum Gasteiger partial charge on any atom is -0.490 e. The summed E-state index contributed by atoms with van der Waals surface area (Å²) in [7, 11) is 1.84. The Hall–Kier alpha value is -1.28. The Morgan fingerprint density at radius 2 is 1.97 bits per heavy atom. The van der Waals surface area contributed by atoms with Gasteiger partial charge in [0, 0.05) is 39.3 Å². The fourth-order valence-corrected chi connectivity index (χ4v) is 4.12. The lowest BCUT2D eigenvalue weighted by Gasteiger charge is -2.32. The predicted molar refractivity (Wildman–Crippen MR) is 132 cm³/mol. The highest BCUT2D eigenvalue weighted by Crippen LogP contribution is 2.24. The van der Waals surface area contributed by atoms with Gasteiger partial charge >= 0.3 is 0 Å². The fourth-order valence-electron chi connectivity index (χ4n) is 4.12. The second-order valence-corrected chi connectivity index (χ2v) is 7.96. The zero-order valence-electron chi connectivity index (χ0n) is 17.7. The molecule has 6 heteroatoms. The first-order chi connectivity index (χ1) is 13.8. The van der Waals surface area contributed by atoms with Crippen LogP contribution in [0, 0.1) is 0 Å². The number of nitrogens with zero attached hydrogens (tertiary/aromatic N) is 2.